The summed E-state index contributed by atoms with van der Waals surface area (Å²) in [6.45, 7) is 13.3. The number of carbonyl (C=O) groups is 2. The van der Waals surface area contributed by atoms with Gasteiger partial charge in [0.05, 0.1) is 6.61 Å². The van der Waals surface area contributed by atoms with E-state index in [0.717, 1.165) is 44.9 Å². The van der Waals surface area contributed by atoms with E-state index in [-0.39, 0.29) is 18.0 Å². The molecule has 0 saturated heterocycles. The van der Waals surface area contributed by atoms with Gasteiger partial charge in [0.2, 0.25) is 0 Å². The lowest BCUT2D eigenvalue weighted by atomic mass is 10.0. The summed E-state index contributed by atoms with van der Waals surface area (Å²) in [5, 5.41) is 0. The Morgan fingerprint density at radius 1 is 0.400 bits per heavy atom. The molecule has 0 spiro atoms. The molecule has 0 bridgehead atoms. The van der Waals surface area contributed by atoms with E-state index in [0.29, 0.717) is 19.4 Å². The maximum Gasteiger partial charge on any atom is 0.306 e. The van der Waals surface area contributed by atoms with Crippen LogP contribution in [0, 0.1) is 0 Å². The zero-order valence-electron chi connectivity index (χ0n) is 34.5. The Hall–Kier alpha value is -1.10. The second-order valence-electron chi connectivity index (χ2n) is 15.4. The maximum atomic E-state index is 12.7. The average molecular weight is 708 g/mol. The SMILES string of the molecule is CCCCCCCCOC(=O)CCCCCCCN(CCCC)CCCCCCCC(=O)OC(CCCCCCCC)CCCCCCCC. The number of nitrogens with zero attached hydrogens (tertiary/aromatic N) is 1. The molecule has 0 rings (SSSR count). The van der Waals surface area contributed by atoms with Crippen molar-refractivity contribution in [3.63, 3.8) is 0 Å². The molecule has 5 nitrogen and oxygen atoms in total. The second kappa shape index (κ2) is 40.7. The topological polar surface area (TPSA) is 55.8 Å². The molecule has 0 aliphatic rings. The van der Waals surface area contributed by atoms with Crippen molar-refractivity contribution in [1.29, 1.82) is 0 Å². The Kier molecular flexibility index (Phi) is 39.8. The van der Waals surface area contributed by atoms with Gasteiger partial charge >= 0.3 is 11.9 Å². The fourth-order valence-electron chi connectivity index (χ4n) is 6.94. The highest BCUT2D eigenvalue weighted by atomic mass is 16.5. The van der Waals surface area contributed by atoms with Crippen LogP contribution in [0.3, 0.4) is 0 Å². The van der Waals surface area contributed by atoms with Crippen molar-refractivity contribution in [1.82, 2.24) is 4.90 Å². The largest absolute Gasteiger partial charge is 0.466 e. The van der Waals surface area contributed by atoms with Gasteiger partial charge in [-0.15, -0.1) is 0 Å². The van der Waals surface area contributed by atoms with Crippen molar-refractivity contribution < 1.29 is 19.1 Å². The third-order valence-electron chi connectivity index (χ3n) is 10.4. The lowest BCUT2D eigenvalue weighted by Gasteiger charge is -2.22. The molecule has 0 saturated carbocycles. The Balaban J connectivity index is 4.04. The van der Waals surface area contributed by atoms with Gasteiger partial charge in [-0.25, -0.2) is 0 Å². The fourth-order valence-corrected chi connectivity index (χ4v) is 6.94. The van der Waals surface area contributed by atoms with E-state index in [1.807, 2.05) is 0 Å². The standard InChI is InChI=1S/C45H89NO4/c1-5-9-13-16-21-28-35-43(36-29-22-17-14-10-6-2)50-45(48)38-31-24-20-26-33-41-46(39-12-8-4)40-32-25-19-23-30-37-44(47)49-42-34-27-18-15-11-7-3/h43H,5-42H2,1-4H3. The molecule has 50 heavy (non-hydrogen) atoms. The summed E-state index contributed by atoms with van der Waals surface area (Å²) in [6.07, 6.45) is 40.5. The third kappa shape index (κ3) is 36.7. The first-order valence-corrected chi connectivity index (χ1v) is 22.6. The van der Waals surface area contributed by atoms with Gasteiger partial charge in [-0.05, 0) is 83.8 Å². The summed E-state index contributed by atoms with van der Waals surface area (Å²) >= 11 is 0. The van der Waals surface area contributed by atoms with Crippen molar-refractivity contribution >= 4 is 11.9 Å². The third-order valence-corrected chi connectivity index (χ3v) is 10.4. The van der Waals surface area contributed by atoms with Crippen LogP contribution in [0.5, 0.6) is 0 Å². The minimum absolute atomic E-state index is 0.00419. The van der Waals surface area contributed by atoms with Gasteiger partial charge in [0.1, 0.15) is 6.10 Å². The second-order valence-corrected chi connectivity index (χ2v) is 15.4. The van der Waals surface area contributed by atoms with Crippen LogP contribution in [-0.4, -0.2) is 49.2 Å². The summed E-state index contributed by atoms with van der Waals surface area (Å²) in [5.74, 6) is 0.0385. The molecule has 0 aliphatic carbocycles. The van der Waals surface area contributed by atoms with E-state index >= 15 is 0 Å². The van der Waals surface area contributed by atoms with E-state index in [1.165, 1.54) is 180 Å². The quantitative estimate of drug-likeness (QED) is 0.0468. The van der Waals surface area contributed by atoms with E-state index in [1.54, 1.807) is 0 Å². The predicted molar refractivity (Wildman–Crippen MR) is 217 cm³/mol. The van der Waals surface area contributed by atoms with Crippen LogP contribution < -0.4 is 0 Å². The summed E-state index contributed by atoms with van der Waals surface area (Å²) in [4.78, 5) is 27.4. The van der Waals surface area contributed by atoms with Crippen molar-refractivity contribution in [3.8, 4) is 0 Å². The van der Waals surface area contributed by atoms with Gasteiger partial charge in [-0.1, -0.05) is 169 Å². The van der Waals surface area contributed by atoms with Crippen molar-refractivity contribution in [3.05, 3.63) is 0 Å². The molecule has 0 aromatic heterocycles. The van der Waals surface area contributed by atoms with E-state index in [9.17, 15) is 9.59 Å². The van der Waals surface area contributed by atoms with Gasteiger partial charge in [-0.3, -0.25) is 9.59 Å². The molecule has 298 valence electrons. The first-order chi connectivity index (χ1) is 24.6. The highest BCUT2D eigenvalue weighted by molar-refractivity contribution is 5.69. The summed E-state index contributed by atoms with van der Waals surface area (Å²) < 4.78 is 11.5. The number of esters is 2. The summed E-state index contributed by atoms with van der Waals surface area (Å²) in [7, 11) is 0. The number of hydrogen-bond donors (Lipinski definition) is 0. The predicted octanol–water partition coefficient (Wildman–Crippen LogP) is 14.1. The van der Waals surface area contributed by atoms with Crippen molar-refractivity contribution in [2.45, 2.75) is 252 Å². The molecule has 0 unspecified atom stereocenters. The molecule has 0 atom stereocenters. The van der Waals surface area contributed by atoms with Crippen LogP contribution in [0.25, 0.3) is 0 Å². The normalized spacial score (nSPS) is 11.6. The van der Waals surface area contributed by atoms with E-state index in [4.69, 9.17) is 9.47 Å². The van der Waals surface area contributed by atoms with Gasteiger partial charge in [0.15, 0.2) is 0 Å². The fraction of sp³-hybridized carbons (Fsp3) is 0.956. The molecule has 0 aromatic carbocycles. The van der Waals surface area contributed by atoms with E-state index in [2.05, 4.69) is 32.6 Å². The Morgan fingerprint density at radius 2 is 0.760 bits per heavy atom. The van der Waals surface area contributed by atoms with Crippen LogP contribution in [0.1, 0.15) is 246 Å². The molecule has 0 heterocycles. The number of carbonyl (C=O) groups excluding carboxylic acids is 2. The van der Waals surface area contributed by atoms with Crippen LogP contribution in [0.4, 0.5) is 0 Å². The average Bonchev–Trinajstić information content (AvgIpc) is 3.11. The molecule has 0 aromatic rings. The van der Waals surface area contributed by atoms with Crippen LogP contribution in [-0.2, 0) is 19.1 Å². The smallest absolute Gasteiger partial charge is 0.306 e. The molecule has 5 heteroatoms. The van der Waals surface area contributed by atoms with Gasteiger partial charge in [0.25, 0.3) is 0 Å². The molecule has 0 aliphatic heterocycles. The molecule has 0 radical (unpaired) electrons. The zero-order valence-corrected chi connectivity index (χ0v) is 34.5. The molecule has 0 N–H and O–H groups in total. The van der Waals surface area contributed by atoms with Crippen molar-refractivity contribution in [2.75, 3.05) is 26.2 Å². The van der Waals surface area contributed by atoms with Crippen LogP contribution in [0.15, 0.2) is 0 Å². The van der Waals surface area contributed by atoms with Crippen LogP contribution in [0.2, 0.25) is 0 Å². The number of rotatable bonds is 41. The zero-order chi connectivity index (χ0) is 36.6. The lowest BCUT2D eigenvalue weighted by Crippen LogP contribution is -2.27. The minimum atomic E-state index is -0.00419. The Morgan fingerprint density at radius 3 is 1.24 bits per heavy atom. The lowest BCUT2D eigenvalue weighted by molar-refractivity contribution is -0.150. The number of unbranched alkanes of at least 4 members (excludes halogenated alkanes) is 24. The number of ether oxygens (including phenoxy) is 2. The van der Waals surface area contributed by atoms with Gasteiger partial charge in [-0.2, -0.15) is 0 Å². The number of hydrogen-bond acceptors (Lipinski definition) is 5. The molecule has 0 fully saturated rings. The maximum absolute atomic E-state index is 12.7. The summed E-state index contributed by atoms with van der Waals surface area (Å²) in [6, 6.07) is 0. The molecular formula is C45H89NO4. The highest BCUT2D eigenvalue weighted by Crippen LogP contribution is 2.18. The first kappa shape index (κ1) is 48.9. The van der Waals surface area contributed by atoms with E-state index < -0.39 is 0 Å². The first-order valence-electron chi connectivity index (χ1n) is 22.6. The Bertz CT molecular complexity index is 683. The molecule has 0 amide bonds. The highest BCUT2D eigenvalue weighted by Gasteiger charge is 2.14. The Labute approximate surface area is 313 Å². The van der Waals surface area contributed by atoms with Crippen molar-refractivity contribution in [2.24, 2.45) is 0 Å². The summed E-state index contributed by atoms with van der Waals surface area (Å²) in [5.41, 5.74) is 0. The van der Waals surface area contributed by atoms with Gasteiger partial charge < -0.3 is 14.4 Å². The minimum Gasteiger partial charge on any atom is -0.466 e. The van der Waals surface area contributed by atoms with Crippen LogP contribution >= 0.6 is 0 Å². The van der Waals surface area contributed by atoms with Gasteiger partial charge in [0, 0.05) is 12.8 Å². The monoisotopic (exact) mass is 708 g/mol. The molecular weight excluding hydrogens is 618 g/mol.